The van der Waals surface area contributed by atoms with Crippen LogP contribution in [-0.4, -0.2) is 33.6 Å². The third kappa shape index (κ3) is 3.67. The van der Waals surface area contributed by atoms with Gasteiger partial charge in [-0.25, -0.2) is 0 Å². The zero-order valence-corrected chi connectivity index (χ0v) is 20.6. The van der Waals surface area contributed by atoms with E-state index in [9.17, 15) is 15.3 Å². The number of allylic oxidation sites excluding steroid dienone is 2. The number of hydrogen-bond acceptors (Lipinski definition) is 3. The maximum absolute atomic E-state index is 11.3. The minimum absolute atomic E-state index is 0.0832. The first-order valence-electron chi connectivity index (χ1n) is 13.0. The molecule has 31 heavy (non-hydrogen) atoms. The molecule has 3 heteroatoms. The molecule has 0 aliphatic heterocycles. The number of hydrogen-bond donors (Lipinski definition) is 3. The number of fused-ring (bicyclic) bond motifs is 5. The van der Waals surface area contributed by atoms with Gasteiger partial charge in [0.15, 0.2) is 0 Å². The lowest BCUT2D eigenvalue weighted by Gasteiger charge is -2.61. The molecule has 0 aromatic carbocycles. The van der Waals surface area contributed by atoms with E-state index in [1.165, 1.54) is 19.3 Å². The Kier molecular flexibility index (Phi) is 6.29. The molecule has 176 valence electrons. The van der Waals surface area contributed by atoms with Gasteiger partial charge in [0.25, 0.3) is 0 Å². The van der Waals surface area contributed by atoms with Crippen molar-refractivity contribution in [3.63, 3.8) is 0 Å². The van der Waals surface area contributed by atoms with E-state index in [2.05, 4.69) is 53.7 Å². The van der Waals surface area contributed by atoms with Crippen molar-refractivity contribution in [2.24, 2.45) is 52.3 Å². The van der Waals surface area contributed by atoms with Crippen LogP contribution >= 0.6 is 0 Å². The first-order valence-corrected chi connectivity index (χ1v) is 13.0. The number of aliphatic hydroxyl groups is 3. The Morgan fingerprint density at radius 2 is 1.61 bits per heavy atom. The van der Waals surface area contributed by atoms with Crippen molar-refractivity contribution in [3.05, 3.63) is 23.8 Å². The van der Waals surface area contributed by atoms with Gasteiger partial charge in [0.2, 0.25) is 0 Å². The monoisotopic (exact) mass is 430 g/mol. The first kappa shape index (κ1) is 23.5. The van der Waals surface area contributed by atoms with Gasteiger partial charge < -0.3 is 15.3 Å². The second kappa shape index (κ2) is 8.29. The zero-order valence-electron chi connectivity index (χ0n) is 20.6. The highest BCUT2D eigenvalue weighted by Gasteiger charge is 2.63. The van der Waals surface area contributed by atoms with E-state index in [4.69, 9.17) is 0 Å². The highest BCUT2D eigenvalue weighted by Crippen LogP contribution is 2.67. The smallest absolute Gasteiger partial charge is 0.102 e. The van der Waals surface area contributed by atoms with Gasteiger partial charge in [0, 0.05) is 0 Å². The molecular weight excluding hydrogens is 384 g/mol. The Bertz CT molecular complexity index is 726. The van der Waals surface area contributed by atoms with E-state index in [1.807, 2.05) is 6.08 Å². The normalized spacial score (nSPS) is 49.4. The van der Waals surface area contributed by atoms with Gasteiger partial charge in [-0.05, 0) is 96.4 Å². The average molecular weight is 431 g/mol. The van der Waals surface area contributed by atoms with Crippen molar-refractivity contribution in [1.82, 2.24) is 0 Å². The van der Waals surface area contributed by atoms with Crippen LogP contribution < -0.4 is 0 Å². The van der Waals surface area contributed by atoms with Crippen LogP contribution in [0.25, 0.3) is 0 Å². The molecule has 0 spiro atoms. The largest absolute Gasteiger partial charge is 0.390 e. The van der Waals surface area contributed by atoms with Crippen LogP contribution in [0.15, 0.2) is 23.8 Å². The van der Waals surface area contributed by atoms with Crippen LogP contribution in [0.3, 0.4) is 0 Å². The highest BCUT2D eigenvalue weighted by molar-refractivity contribution is 5.31. The second-order valence-electron chi connectivity index (χ2n) is 12.4. The summed E-state index contributed by atoms with van der Waals surface area (Å²) in [6.45, 7) is 14.1. The lowest BCUT2D eigenvalue weighted by Crippen LogP contribution is -2.60. The van der Waals surface area contributed by atoms with Gasteiger partial charge in [-0.2, -0.15) is 0 Å². The molecule has 1 unspecified atom stereocenters. The molecule has 4 rings (SSSR count). The summed E-state index contributed by atoms with van der Waals surface area (Å²) >= 11 is 0. The summed E-state index contributed by atoms with van der Waals surface area (Å²) in [4.78, 5) is 0. The average Bonchev–Trinajstić information content (AvgIpc) is 3.08. The zero-order chi connectivity index (χ0) is 22.7. The molecule has 0 aromatic rings. The van der Waals surface area contributed by atoms with E-state index >= 15 is 0 Å². The van der Waals surface area contributed by atoms with Gasteiger partial charge in [0.1, 0.15) is 6.10 Å². The van der Waals surface area contributed by atoms with Crippen LogP contribution in [0.2, 0.25) is 0 Å². The van der Waals surface area contributed by atoms with Crippen LogP contribution in [0.1, 0.15) is 80.1 Å². The lowest BCUT2D eigenvalue weighted by atomic mass is 9.45. The van der Waals surface area contributed by atoms with Crippen LogP contribution in [0, 0.1) is 52.3 Å². The quantitative estimate of drug-likeness (QED) is 0.527. The predicted molar refractivity (Wildman–Crippen MR) is 126 cm³/mol. The van der Waals surface area contributed by atoms with Gasteiger partial charge in [-0.3, -0.25) is 0 Å². The number of rotatable bonds is 4. The van der Waals surface area contributed by atoms with Gasteiger partial charge in [-0.15, -0.1) is 0 Å². The van der Waals surface area contributed by atoms with Gasteiger partial charge in [-0.1, -0.05) is 59.8 Å². The molecule has 0 bridgehead atoms. The molecule has 3 fully saturated rings. The fourth-order valence-corrected chi connectivity index (χ4v) is 8.33. The summed E-state index contributed by atoms with van der Waals surface area (Å²) in [6.07, 6.45) is 11.2. The fraction of sp³-hybridized carbons (Fsp3) is 0.857. The summed E-state index contributed by atoms with van der Waals surface area (Å²) in [5, 5.41) is 32.7. The first-order chi connectivity index (χ1) is 14.5. The molecule has 4 aliphatic rings. The molecule has 0 amide bonds. The van der Waals surface area contributed by atoms with Crippen LogP contribution in [0.4, 0.5) is 0 Å². The maximum atomic E-state index is 11.3. The fourth-order valence-electron chi connectivity index (χ4n) is 8.33. The molecule has 3 saturated carbocycles. The molecular formula is C28H46O3. The van der Waals surface area contributed by atoms with Gasteiger partial charge in [0.05, 0.1) is 12.2 Å². The van der Waals surface area contributed by atoms with Crippen molar-refractivity contribution in [3.8, 4) is 0 Å². The Hall–Kier alpha value is -0.640. The molecule has 3 nitrogen and oxygen atoms in total. The molecule has 0 heterocycles. The molecule has 11 atom stereocenters. The van der Waals surface area contributed by atoms with Crippen molar-refractivity contribution < 1.29 is 15.3 Å². The predicted octanol–water partition coefficient (Wildman–Crippen LogP) is 5.35. The summed E-state index contributed by atoms with van der Waals surface area (Å²) < 4.78 is 0. The van der Waals surface area contributed by atoms with Crippen molar-refractivity contribution in [1.29, 1.82) is 0 Å². The highest BCUT2D eigenvalue weighted by atomic mass is 16.3. The third-order valence-corrected chi connectivity index (χ3v) is 10.7. The van der Waals surface area contributed by atoms with Gasteiger partial charge >= 0.3 is 0 Å². The topological polar surface area (TPSA) is 60.7 Å². The minimum Gasteiger partial charge on any atom is -0.390 e. The van der Waals surface area contributed by atoms with Crippen LogP contribution in [0.5, 0.6) is 0 Å². The Morgan fingerprint density at radius 1 is 0.903 bits per heavy atom. The van der Waals surface area contributed by atoms with E-state index in [0.29, 0.717) is 35.5 Å². The van der Waals surface area contributed by atoms with E-state index < -0.39 is 18.3 Å². The minimum atomic E-state index is -0.827. The second-order valence-corrected chi connectivity index (χ2v) is 12.4. The Morgan fingerprint density at radius 3 is 2.29 bits per heavy atom. The van der Waals surface area contributed by atoms with Crippen molar-refractivity contribution in [2.45, 2.75) is 98.4 Å². The molecule has 0 aromatic heterocycles. The molecule has 0 radical (unpaired) electrons. The van der Waals surface area contributed by atoms with Crippen molar-refractivity contribution in [2.75, 3.05) is 0 Å². The molecule has 4 aliphatic carbocycles. The summed E-state index contributed by atoms with van der Waals surface area (Å²) in [7, 11) is 0. The Balaban J connectivity index is 1.60. The Labute approximate surface area is 190 Å². The third-order valence-electron chi connectivity index (χ3n) is 10.7. The number of aliphatic hydroxyl groups excluding tert-OH is 3. The summed E-state index contributed by atoms with van der Waals surface area (Å²) in [5.41, 5.74) is 1.07. The SMILES string of the molecule is CC(C)C(C)/C=C/[C@@H](C)[C@H]1CC[C@H]2[C@@H]3[C@H](O)[C@@H](O)C4=C[C@@H](O)CC[C@]4(C)[C@H]3CC[C@]12C. The summed E-state index contributed by atoms with van der Waals surface area (Å²) in [5.74, 6) is 3.53. The van der Waals surface area contributed by atoms with E-state index in [-0.39, 0.29) is 16.7 Å². The molecule has 0 saturated heterocycles. The summed E-state index contributed by atoms with van der Waals surface area (Å²) in [6, 6.07) is 0. The van der Waals surface area contributed by atoms with E-state index in [1.54, 1.807) is 0 Å². The van der Waals surface area contributed by atoms with Crippen LogP contribution in [-0.2, 0) is 0 Å². The maximum Gasteiger partial charge on any atom is 0.102 e. The standard InChI is InChI=1S/C28H46O3/c1-16(2)17(3)7-8-18(4)20-9-10-21-24-22(12-14-27(20,21)5)28(6)13-11-19(29)15-23(28)25(30)26(24)31/h7-8,15-22,24-26,29-31H,9-14H2,1-6H3/b8-7+/t17?,18-,19+,20-,21+,22+,24+,25+,26+,27-,28-/m1/s1. The van der Waals surface area contributed by atoms with E-state index in [0.717, 1.165) is 24.8 Å². The lowest BCUT2D eigenvalue weighted by molar-refractivity contribution is -0.151. The van der Waals surface area contributed by atoms with Crippen molar-refractivity contribution >= 4 is 0 Å². The molecule has 3 N–H and O–H groups in total.